The molecule has 0 aromatic heterocycles. The second-order valence-corrected chi connectivity index (χ2v) is 5.90. The molecular weight excluding hydrogens is 242 g/mol. The SMILES string of the molecule is CC1(c2c3c(c(O)c4c2OCC4)OCC3)CCCN1. The van der Waals surface area contributed by atoms with Crippen molar-refractivity contribution in [3.63, 3.8) is 0 Å². The topological polar surface area (TPSA) is 50.7 Å². The van der Waals surface area contributed by atoms with Gasteiger partial charge >= 0.3 is 0 Å². The van der Waals surface area contributed by atoms with E-state index in [2.05, 4.69) is 12.2 Å². The fourth-order valence-corrected chi connectivity index (χ4v) is 3.78. The maximum atomic E-state index is 10.4. The summed E-state index contributed by atoms with van der Waals surface area (Å²) in [6.45, 7) is 4.61. The molecule has 0 aliphatic carbocycles. The van der Waals surface area contributed by atoms with Crippen LogP contribution < -0.4 is 14.8 Å². The third-order valence-corrected chi connectivity index (χ3v) is 4.70. The van der Waals surface area contributed by atoms with Crippen molar-refractivity contribution in [3.8, 4) is 17.2 Å². The number of aromatic hydroxyl groups is 1. The Labute approximate surface area is 112 Å². The van der Waals surface area contributed by atoms with Gasteiger partial charge in [-0.25, -0.2) is 0 Å². The fourth-order valence-electron chi connectivity index (χ4n) is 3.78. The van der Waals surface area contributed by atoms with Crippen LogP contribution in [0.2, 0.25) is 0 Å². The van der Waals surface area contributed by atoms with E-state index in [-0.39, 0.29) is 5.54 Å². The van der Waals surface area contributed by atoms with Crippen LogP contribution in [0.1, 0.15) is 36.5 Å². The number of ether oxygens (including phenoxy) is 2. The smallest absolute Gasteiger partial charge is 0.165 e. The van der Waals surface area contributed by atoms with Gasteiger partial charge in [0, 0.05) is 35.1 Å². The van der Waals surface area contributed by atoms with Gasteiger partial charge in [0.15, 0.2) is 11.5 Å². The lowest BCUT2D eigenvalue weighted by Gasteiger charge is -2.29. The van der Waals surface area contributed by atoms with Crippen LogP contribution in [0, 0.1) is 0 Å². The molecule has 0 bridgehead atoms. The molecule has 0 spiro atoms. The summed E-state index contributed by atoms with van der Waals surface area (Å²) in [5.41, 5.74) is 3.28. The Morgan fingerprint density at radius 3 is 2.58 bits per heavy atom. The number of phenolic OH excluding ortho intramolecular Hbond substituents is 1. The molecule has 1 aromatic rings. The van der Waals surface area contributed by atoms with Crippen LogP contribution in [0.5, 0.6) is 17.2 Å². The van der Waals surface area contributed by atoms with E-state index in [1.165, 1.54) is 12.0 Å². The molecule has 19 heavy (non-hydrogen) atoms. The second-order valence-electron chi connectivity index (χ2n) is 5.90. The number of hydrogen-bond acceptors (Lipinski definition) is 4. The molecule has 4 rings (SSSR count). The van der Waals surface area contributed by atoms with Crippen molar-refractivity contribution in [2.45, 2.75) is 38.1 Å². The summed E-state index contributed by atoms with van der Waals surface area (Å²) in [5.74, 6) is 1.93. The van der Waals surface area contributed by atoms with Crippen LogP contribution in [-0.4, -0.2) is 24.9 Å². The third-order valence-electron chi connectivity index (χ3n) is 4.70. The zero-order chi connectivity index (χ0) is 13.0. The van der Waals surface area contributed by atoms with Crippen molar-refractivity contribution in [2.75, 3.05) is 19.8 Å². The minimum absolute atomic E-state index is 0.0418. The molecule has 4 heteroatoms. The average Bonchev–Trinajstić information content (AvgIpc) is 3.09. The van der Waals surface area contributed by atoms with Gasteiger partial charge in [-0.15, -0.1) is 0 Å². The lowest BCUT2D eigenvalue weighted by atomic mass is 9.83. The number of phenols is 1. The Morgan fingerprint density at radius 1 is 1.11 bits per heavy atom. The van der Waals surface area contributed by atoms with Crippen LogP contribution in [0.3, 0.4) is 0 Å². The summed E-state index contributed by atoms with van der Waals surface area (Å²) < 4.78 is 11.5. The van der Waals surface area contributed by atoms with Gasteiger partial charge in [0.05, 0.1) is 13.2 Å². The average molecular weight is 261 g/mol. The van der Waals surface area contributed by atoms with Crippen molar-refractivity contribution in [2.24, 2.45) is 0 Å². The van der Waals surface area contributed by atoms with Gasteiger partial charge in [0.25, 0.3) is 0 Å². The number of nitrogens with one attached hydrogen (secondary N) is 1. The Kier molecular flexibility index (Phi) is 2.28. The molecule has 1 aromatic carbocycles. The van der Waals surface area contributed by atoms with Crippen LogP contribution in [0.25, 0.3) is 0 Å². The van der Waals surface area contributed by atoms with Crippen molar-refractivity contribution in [1.29, 1.82) is 0 Å². The number of hydrogen-bond donors (Lipinski definition) is 2. The van der Waals surface area contributed by atoms with Gasteiger partial charge in [-0.05, 0) is 26.3 Å². The van der Waals surface area contributed by atoms with Crippen LogP contribution in [0.4, 0.5) is 0 Å². The molecule has 3 aliphatic rings. The summed E-state index contributed by atoms with van der Waals surface area (Å²) >= 11 is 0. The molecule has 4 nitrogen and oxygen atoms in total. The summed E-state index contributed by atoms with van der Waals surface area (Å²) in [6, 6.07) is 0. The van der Waals surface area contributed by atoms with Gasteiger partial charge in [-0.2, -0.15) is 0 Å². The summed E-state index contributed by atoms with van der Waals surface area (Å²) in [5, 5.41) is 14.0. The quantitative estimate of drug-likeness (QED) is 0.810. The first-order valence-corrected chi connectivity index (χ1v) is 7.12. The van der Waals surface area contributed by atoms with Crippen molar-refractivity contribution >= 4 is 0 Å². The molecule has 1 saturated heterocycles. The Balaban J connectivity index is 2.00. The van der Waals surface area contributed by atoms with Crippen molar-refractivity contribution in [3.05, 3.63) is 16.7 Å². The molecular formula is C15H19NO3. The first kappa shape index (κ1) is 11.4. The number of fused-ring (bicyclic) bond motifs is 2. The van der Waals surface area contributed by atoms with Crippen LogP contribution >= 0.6 is 0 Å². The van der Waals surface area contributed by atoms with E-state index in [0.29, 0.717) is 24.7 Å². The van der Waals surface area contributed by atoms with Gasteiger partial charge in [0.1, 0.15) is 5.75 Å². The van der Waals surface area contributed by atoms with E-state index < -0.39 is 0 Å². The third kappa shape index (κ3) is 1.43. The molecule has 3 heterocycles. The largest absolute Gasteiger partial charge is 0.504 e. The molecule has 2 N–H and O–H groups in total. The lowest BCUT2D eigenvalue weighted by Crippen LogP contribution is -2.34. The molecule has 0 saturated carbocycles. The zero-order valence-corrected chi connectivity index (χ0v) is 11.2. The molecule has 102 valence electrons. The van der Waals surface area contributed by atoms with Crippen molar-refractivity contribution < 1.29 is 14.6 Å². The number of benzene rings is 1. The molecule has 1 unspecified atom stereocenters. The Hall–Kier alpha value is -1.42. The molecule has 3 aliphatic heterocycles. The second kappa shape index (κ2) is 3.79. The standard InChI is InChI=1S/C15H19NO3/c1-15(5-2-6-16-15)11-9-3-7-19-14(9)12(17)10-4-8-18-13(10)11/h16-17H,2-8H2,1H3. The monoisotopic (exact) mass is 261 g/mol. The van der Waals surface area contributed by atoms with Crippen LogP contribution in [0.15, 0.2) is 0 Å². The molecule has 0 amide bonds. The first-order chi connectivity index (χ1) is 9.21. The molecule has 1 fully saturated rings. The van der Waals surface area contributed by atoms with Gasteiger partial charge in [-0.3, -0.25) is 0 Å². The predicted molar refractivity (Wildman–Crippen MR) is 71.1 cm³/mol. The van der Waals surface area contributed by atoms with E-state index in [1.807, 2.05) is 0 Å². The lowest BCUT2D eigenvalue weighted by molar-refractivity contribution is 0.330. The zero-order valence-electron chi connectivity index (χ0n) is 11.2. The van der Waals surface area contributed by atoms with E-state index in [1.54, 1.807) is 0 Å². The summed E-state index contributed by atoms with van der Waals surface area (Å²) in [7, 11) is 0. The minimum atomic E-state index is -0.0418. The highest BCUT2D eigenvalue weighted by molar-refractivity contribution is 5.66. The Bertz CT molecular complexity index is 512. The van der Waals surface area contributed by atoms with Crippen LogP contribution in [-0.2, 0) is 18.4 Å². The van der Waals surface area contributed by atoms with E-state index in [9.17, 15) is 5.11 Å². The summed E-state index contributed by atoms with van der Waals surface area (Å²) in [6.07, 6.45) is 3.94. The van der Waals surface area contributed by atoms with E-state index in [0.717, 1.165) is 42.7 Å². The van der Waals surface area contributed by atoms with E-state index in [4.69, 9.17) is 9.47 Å². The maximum absolute atomic E-state index is 10.4. The normalized spacial score (nSPS) is 27.8. The van der Waals surface area contributed by atoms with Gasteiger partial charge in [-0.1, -0.05) is 0 Å². The fraction of sp³-hybridized carbons (Fsp3) is 0.600. The molecule has 0 radical (unpaired) electrons. The predicted octanol–water partition coefficient (Wildman–Crippen LogP) is 1.86. The highest BCUT2D eigenvalue weighted by atomic mass is 16.5. The highest BCUT2D eigenvalue weighted by Gasteiger charge is 2.41. The highest BCUT2D eigenvalue weighted by Crippen LogP contribution is 2.52. The Morgan fingerprint density at radius 2 is 1.84 bits per heavy atom. The summed E-state index contributed by atoms with van der Waals surface area (Å²) in [4.78, 5) is 0. The van der Waals surface area contributed by atoms with Gasteiger partial charge < -0.3 is 19.9 Å². The van der Waals surface area contributed by atoms with Crippen molar-refractivity contribution in [1.82, 2.24) is 5.32 Å². The van der Waals surface area contributed by atoms with Gasteiger partial charge in [0.2, 0.25) is 0 Å². The number of rotatable bonds is 1. The van der Waals surface area contributed by atoms with E-state index >= 15 is 0 Å². The maximum Gasteiger partial charge on any atom is 0.165 e. The first-order valence-electron chi connectivity index (χ1n) is 7.12. The minimum Gasteiger partial charge on any atom is -0.504 e. The molecule has 1 atom stereocenters.